The van der Waals surface area contributed by atoms with E-state index in [1.807, 2.05) is 0 Å². The predicted octanol–water partition coefficient (Wildman–Crippen LogP) is 5.15. The van der Waals surface area contributed by atoms with Gasteiger partial charge in [0.05, 0.1) is 6.61 Å². The summed E-state index contributed by atoms with van der Waals surface area (Å²) >= 11 is 0.626. The molecule has 0 bridgehead atoms. The number of rotatable bonds is 6. The maximum atomic E-state index is 14.2. The lowest BCUT2D eigenvalue weighted by Gasteiger charge is -2.08. The number of benzene rings is 2. The van der Waals surface area contributed by atoms with E-state index in [0.717, 1.165) is 0 Å². The summed E-state index contributed by atoms with van der Waals surface area (Å²) < 4.78 is 33.4. The minimum absolute atomic E-state index is 0.0744. The molecule has 0 aromatic heterocycles. The van der Waals surface area contributed by atoms with Gasteiger partial charge in [-0.2, -0.15) is 0 Å². The molecule has 24 heavy (non-hydrogen) atoms. The number of hydrogen-bond donors (Lipinski definition) is 1. The molecule has 2 aromatic rings. The molecule has 1 N–H and O–H groups in total. The highest BCUT2D eigenvalue weighted by molar-refractivity contribution is 7.93. The Kier molecular flexibility index (Phi) is 6.40. The molecular formula is C18H17FO4S. The molecule has 0 heterocycles. The lowest BCUT2D eigenvalue weighted by Crippen LogP contribution is -2.04. The third-order valence-electron chi connectivity index (χ3n) is 3.09. The van der Waals surface area contributed by atoms with Crippen molar-refractivity contribution in [3.8, 4) is 11.5 Å². The van der Waals surface area contributed by atoms with Crippen LogP contribution in [0.3, 0.4) is 0 Å². The molecule has 0 fully saturated rings. The van der Waals surface area contributed by atoms with Crippen molar-refractivity contribution in [2.45, 2.75) is 18.7 Å². The third-order valence-corrected chi connectivity index (χ3v) is 3.58. The van der Waals surface area contributed by atoms with Crippen LogP contribution in [-0.4, -0.2) is 17.1 Å². The smallest absolute Gasteiger partial charge is 0.333 e. The van der Waals surface area contributed by atoms with E-state index in [9.17, 15) is 9.18 Å². The highest BCUT2D eigenvalue weighted by atomic mass is 32.2. The number of ether oxygens (including phenoxy) is 2. The van der Waals surface area contributed by atoms with Crippen LogP contribution in [0.5, 0.6) is 11.5 Å². The maximum absolute atomic E-state index is 14.2. The third kappa shape index (κ3) is 4.84. The van der Waals surface area contributed by atoms with Gasteiger partial charge in [-0.25, -0.2) is 9.18 Å². The minimum atomic E-state index is -0.541. The summed E-state index contributed by atoms with van der Waals surface area (Å²) in [5, 5.41) is 0. The second-order valence-electron chi connectivity index (χ2n) is 4.90. The summed E-state index contributed by atoms with van der Waals surface area (Å²) in [6.07, 6.45) is 1.55. The van der Waals surface area contributed by atoms with Gasteiger partial charge in [0.25, 0.3) is 0 Å². The maximum Gasteiger partial charge on any atom is 0.333 e. The number of hydrogen-bond acceptors (Lipinski definition) is 5. The number of esters is 1. The van der Waals surface area contributed by atoms with Crippen LogP contribution in [0.4, 0.5) is 4.39 Å². The predicted molar refractivity (Wildman–Crippen MR) is 91.7 cm³/mol. The van der Waals surface area contributed by atoms with E-state index in [2.05, 4.69) is 0 Å². The van der Waals surface area contributed by atoms with E-state index in [1.165, 1.54) is 12.1 Å². The Bertz CT molecular complexity index is 741. The first-order valence-corrected chi connectivity index (χ1v) is 8.05. The normalized spacial score (nSPS) is 11.2. The van der Waals surface area contributed by atoms with Gasteiger partial charge in [-0.3, -0.25) is 0 Å². The molecule has 4 nitrogen and oxygen atoms in total. The Morgan fingerprint density at radius 1 is 1.25 bits per heavy atom. The van der Waals surface area contributed by atoms with E-state index >= 15 is 0 Å². The molecular weight excluding hydrogens is 331 g/mol. The number of halogens is 1. The van der Waals surface area contributed by atoms with E-state index in [1.54, 1.807) is 50.3 Å². The van der Waals surface area contributed by atoms with Gasteiger partial charge in [-0.15, -0.1) is 0 Å². The second-order valence-corrected chi connectivity index (χ2v) is 5.56. The SMILES string of the molecule is CCOC(=O)/C(C)=C/c1ccc(Oc2ccc(SO)cc2)c(F)c1. The van der Waals surface area contributed by atoms with Crippen molar-refractivity contribution < 1.29 is 23.2 Å². The zero-order valence-corrected chi connectivity index (χ0v) is 14.1. The first-order valence-electron chi connectivity index (χ1n) is 7.27. The summed E-state index contributed by atoms with van der Waals surface area (Å²) in [7, 11) is 0. The fourth-order valence-corrected chi connectivity index (χ4v) is 2.20. The summed E-state index contributed by atoms with van der Waals surface area (Å²) in [5.74, 6) is -0.441. The second kappa shape index (κ2) is 8.52. The van der Waals surface area contributed by atoms with Gasteiger partial charge in [0.15, 0.2) is 11.6 Å². The molecule has 0 aliphatic carbocycles. The number of carbonyl (C=O) groups excluding carboxylic acids is 1. The fraction of sp³-hybridized carbons (Fsp3) is 0.167. The van der Waals surface area contributed by atoms with Crippen LogP contribution in [0, 0.1) is 5.82 Å². The first kappa shape index (κ1) is 18.0. The largest absolute Gasteiger partial charge is 0.463 e. The van der Waals surface area contributed by atoms with Crippen molar-refractivity contribution in [1.82, 2.24) is 0 Å². The van der Waals surface area contributed by atoms with Crippen LogP contribution >= 0.6 is 12.0 Å². The molecule has 2 rings (SSSR count). The topological polar surface area (TPSA) is 55.8 Å². The van der Waals surface area contributed by atoms with Crippen molar-refractivity contribution in [3.63, 3.8) is 0 Å². The average molecular weight is 348 g/mol. The van der Waals surface area contributed by atoms with Gasteiger partial charge in [0, 0.05) is 22.5 Å². The molecule has 0 saturated heterocycles. The average Bonchev–Trinajstić information content (AvgIpc) is 2.58. The summed E-state index contributed by atoms with van der Waals surface area (Å²) in [4.78, 5) is 12.2. The molecule has 126 valence electrons. The Morgan fingerprint density at radius 3 is 2.54 bits per heavy atom. The molecule has 0 aliphatic heterocycles. The standard InChI is InChI=1S/C18H17FO4S/c1-3-22-18(20)12(2)10-13-4-9-17(16(19)11-13)23-14-5-7-15(24-21)8-6-14/h4-11,21H,3H2,1-2H3/b12-10+. The molecule has 0 unspecified atom stereocenters. The van der Waals surface area contributed by atoms with Crippen molar-refractivity contribution >= 4 is 24.1 Å². The van der Waals surface area contributed by atoms with Gasteiger partial charge in [0.2, 0.25) is 0 Å². The summed E-state index contributed by atoms with van der Waals surface area (Å²) in [6, 6.07) is 11.0. The van der Waals surface area contributed by atoms with Crippen LogP contribution in [0.15, 0.2) is 52.9 Å². The van der Waals surface area contributed by atoms with Crippen LogP contribution < -0.4 is 4.74 Å². The summed E-state index contributed by atoms with van der Waals surface area (Å²) in [5.41, 5.74) is 0.930. The molecule has 0 spiro atoms. The quantitative estimate of drug-likeness (QED) is 0.444. The van der Waals surface area contributed by atoms with Crippen molar-refractivity contribution in [2.24, 2.45) is 0 Å². The first-order chi connectivity index (χ1) is 11.5. The minimum Gasteiger partial charge on any atom is -0.463 e. The van der Waals surface area contributed by atoms with Gasteiger partial charge < -0.3 is 14.0 Å². The monoisotopic (exact) mass is 348 g/mol. The summed E-state index contributed by atoms with van der Waals surface area (Å²) in [6.45, 7) is 3.63. The van der Waals surface area contributed by atoms with Crippen molar-refractivity contribution in [1.29, 1.82) is 0 Å². The Hall–Kier alpha value is -2.31. The van der Waals surface area contributed by atoms with E-state index in [0.29, 0.717) is 40.4 Å². The Morgan fingerprint density at radius 2 is 1.96 bits per heavy atom. The molecule has 0 amide bonds. The Balaban J connectivity index is 2.14. The van der Waals surface area contributed by atoms with Crippen LogP contribution in [0.2, 0.25) is 0 Å². The molecule has 0 atom stereocenters. The molecule has 0 saturated carbocycles. The van der Waals surface area contributed by atoms with E-state index in [-0.39, 0.29) is 5.75 Å². The lowest BCUT2D eigenvalue weighted by atomic mass is 10.1. The molecule has 0 aliphatic rings. The lowest BCUT2D eigenvalue weighted by molar-refractivity contribution is -0.138. The fourth-order valence-electron chi connectivity index (χ4n) is 1.94. The van der Waals surface area contributed by atoms with Crippen LogP contribution in [-0.2, 0) is 9.53 Å². The zero-order valence-electron chi connectivity index (χ0n) is 13.3. The van der Waals surface area contributed by atoms with E-state index < -0.39 is 11.8 Å². The van der Waals surface area contributed by atoms with E-state index in [4.69, 9.17) is 14.0 Å². The van der Waals surface area contributed by atoms with Crippen molar-refractivity contribution in [2.75, 3.05) is 6.61 Å². The van der Waals surface area contributed by atoms with Gasteiger partial charge in [0.1, 0.15) is 5.75 Å². The van der Waals surface area contributed by atoms with Crippen LogP contribution in [0.25, 0.3) is 6.08 Å². The molecule has 0 radical (unpaired) electrons. The van der Waals surface area contributed by atoms with Gasteiger partial charge >= 0.3 is 5.97 Å². The molecule has 2 aromatic carbocycles. The highest BCUT2D eigenvalue weighted by Gasteiger charge is 2.08. The van der Waals surface area contributed by atoms with Gasteiger partial charge in [-0.05, 0) is 61.9 Å². The van der Waals surface area contributed by atoms with Crippen molar-refractivity contribution in [3.05, 3.63) is 59.4 Å². The highest BCUT2D eigenvalue weighted by Crippen LogP contribution is 2.27. The van der Waals surface area contributed by atoms with Gasteiger partial charge in [-0.1, -0.05) is 6.07 Å². The molecule has 6 heteroatoms. The number of carbonyl (C=O) groups is 1. The Labute approximate surface area is 144 Å². The zero-order chi connectivity index (χ0) is 17.5. The van der Waals surface area contributed by atoms with Crippen LogP contribution in [0.1, 0.15) is 19.4 Å².